The van der Waals surface area contributed by atoms with E-state index in [2.05, 4.69) is 15.5 Å². The number of hydrogen-bond donors (Lipinski definition) is 2. The van der Waals surface area contributed by atoms with Crippen molar-refractivity contribution in [2.45, 2.75) is 18.4 Å². The van der Waals surface area contributed by atoms with E-state index in [4.69, 9.17) is 0 Å². The highest BCUT2D eigenvalue weighted by molar-refractivity contribution is 8.21. The van der Waals surface area contributed by atoms with Gasteiger partial charge in [0.2, 0.25) is 5.91 Å². The van der Waals surface area contributed by atoms with Gasteiger partial charge < -0.3 is 5.32 Å². The van der Waals surface area contributed by atoms with Gasteiger partial charge in [-0.2, -0.15) is 5.10 Å². The largest absolute Gasteiger partial charge is 0.307 e. The highest BCUT2D eigenvalue weighted by atomic mass is 32.2. The minimum Gasteiger partial charge on any atom is -0.307 e. The maximum Gasteiger partial charge on any atom is 0.248 e. The molecule has 0 atom stereocenters. The summed E-state index contributed by atoms with van der Waals surface area (Å²) in [5.74, 6) is 2.82. The summed E-state index contributed by atoms with van der Waals surface area (Å²) < 4.78 is 0.0291. The second-order valence-corrected chi connectivity index (χ2v) is 6.11. The van der Waals surface area contributed by atoms with Crippen LogP contribution in [0.4, 0.5) is 5.82 Å². The lowest BCUT2D eigenvalue weighted by Gasteiger charge is -2.07. The summed E-state index contributed by atoms with van der Waals surface area (Å²) >= 11 is 3.39. The fourth-order valence-electron chi connectivity index (χ4n) is 1.29. The van der Waals surface area contributed by atoms with Crippen LogP contribution in [-0.2, 0) is 4.79 Å². The quantitative estimate of drug-likeness (QED) is 0.831. The van der Waals surface area contributed by atoms with Gasteiger partial charge in [0.1, 0.15) is 4.58 Å². The Morgan fingerprint density at radius 3 is 2.67 bits per heavy atom. The van der Waals surface area contributed by atoms with E-state index < -0.39 is 0 Å². The van der Waals surface area contributed by atoms with Crippen molar-refractivity contribution in [1.82, 2.24) is 10.2 Å². The van der Waals surface area contributed by atoms with E-state index in [1.165, 1.54) is 0 Å². The smallest absolute Gasteiger partial charge is 0.248 e. The van der Waals surface area contributed by atoms with E-state index in [0.29, 0.717) is 5.82 Å². The average Bonchev–Trinajstić information content (AvgIpc) is 2.83. The van der Waals surface area contributed by atoms with Crippen molar-refractivity contribution in [3.63, 3.8) is 0 Å². The summed E-state index contributed by atoms with van der Waals surface area (Å²) in [6.07, 6.45) is 0. The minimum absolute atomic E-state index is 0.0291. The van der Waals surface area contributed by atoms with Gasteiger partial charge in [-0.25, -0.2) is 0 Å². The SMILES string of the molecule is Cc1[nH]nc(NC(=O)C2SCCS2)c1C. The second kappa shape index (κ2) is 4.49. The number of carbonyl (C=O) groups excluding carboxylic acids is 1. The number of carbonyl (C=O) groups is 1. The van der Waals surface area contributed by atoms with Crippen LogP contribution in [0.15, 0.2) is 0 Å². The van der Waals surface area contributed by atoms with Gasteiger partial charge in [-0.05, 0) is 13.8 Å². The monoisotopic (exact) mass is 243 g/mol. The van der Waals surface area contributed by atoms with Gasteiger partial charge in [0, 0.05) is 22.8 Å². The Morgan fingerprint density at radius 2 is 2.13 bits per heavy atom. The predicted molar refractivity (Wildman–Crippen MR) is 65.4 cm³/mol. The first-order chi connectivity index (χ1) is 7.18. The molecule has 1 aromatic rings. The molecule has 0 unspecified atom stereocenters. The fraction of sp³-hybridized carbons (Fsp3) is 0.556. The zero-order chi connectivity index (χ0) is 10.8. The Morgan fingerprint density at radius 1 is 1.47 bits per heavy atom. The number of nitrogens with one attached hydrogen (secondary N) is 2. The predicted octanol–water partition coefficient (Wildman–Crippen LogP) is 1.77. The van der Waals surface area contributed by atoms with E-state index in [9.17, 15) is 4.79 Å². The van der Waals surface area contributed by atoms with Crippen LogP contribution in [-0.4, -0.2) is 32.2 Å². The van der Waals surface area contributed by atoms with Gasteiger partial charge in [-0.15, -0.1) is 23.5 Å². The van der Waals surface area contributed by atoms with Crippen LogP contribution in [0.25, 0.3) is 0 Å². The highest BCUT2D eigenvalue weighted by Crippen LogP contribution is 2.32. The summed E-state index contributed by atoms with van der Waals surface area (Å²) in [5, 5.41) is 9.76. The molecule has 1 aromatic heterocycles. The lowest BCUT2D eigenvalue weighted by molar-refractivity contribution is -0.114. The Labute approximate surface area is 97.0 Å². The van der Waals surface area contributed by atoms with Gasteiger partial charge in [0.25, 0.3) is 0 Å². The first-order valence-electron chi connectivity index (χ1n) is 4.74. The lowest BCUT2D eigenvalue weighted by Crippen LogP contribution is -2.21. The van der Waals surface area contributed by atoms with E-state index in [1.54, 1.807) is 23.5 Å². The number of aromatic amines is 1. The van der Waals surface area contributed by atoms with Crippen molar-refractivity contribution in [2.75, 3.05) is 16.8 Å². The molecular formula is C9H13N3OS2. The van der Waals surface area contributed by atoms with Crippen molar-refractivity contribution in [3.8, 4) is 0 Å². The molecule has 0 bridgehead atoms. The number of amides is 1. The van der Waals surface area contributed by atoms with Gasteiger partial charge in [-0.1, -0.05) is 0 Å². The average molecular weight is 243 g/mol. The van der Waals surface area contributed by atoms with E-state index >= 15 is 0 Å². The van der Waals surface area contributed by atoms with Crippen LogP contribution in [0.2, 0.25) is 0 Å². The molecule has 1 aliphatic heterocycles. The zero-order valence-electron chi connectivity index (χ0n) is 8.66. The summed E-state index contributed by atoms with van der Waals surface area (Å²) in [6, 6.07) is 0. The molecule has 6 heteroatoms. The molecule has 82 valence electrons. The number of thioether (sulfide) groups is 2. The number of anilines is 1. The zero-order valence-corrected chi connectivity index (χ0v) is 10.3. The molecular weight excluding hydrogens is 230 g/mol. The number of H-pyrrole nitrogens is 1. The summed E-state index contributed by atoms with van der Waals surface area (Å²) in [7, 11) is 0. The third-order valence-corrected chi connectivity index (χ3v) is 5.32. The van der Waals surface area contributed by atoms with Crippen molar-refractivity contribution in [3.05, 3.63) is 11.3 Å². The normalized spacial score (nSPS) is 16.9. The molecule has 0 aromatic carbocycles. The molecule has 2 rings (SSSR count). The number of hydrogen-bond acceptors (Lipinski definition) is 4. The summed E-state index contributed by atoms with van der Waals surface area (Å²) in [6.45, 7) is 3.89. The second-order valence-electron chi connectivity index (χ2n) is 3.38. The van der Waals surface area contributed by atoms with Crippen LogP contribution in [0.5, 0.6) is 0 Å². The number of rotatable bonds is 2. The molecule has 0 spiro atoms. The van der Waals surface area contributed by atoms with E-state index in [-0.39, 0.29) is 10.5 Å². The molecule has 0 radical (unpaired) electrons. The Bertz CT molecular complexity index is 371. The lowest BCUT2D eigenvalue weighted by atomic mass is 10.3. The Kier molecular flexibility index (Phi) is 3.25. The third kappa shape index (κ3) is 2.31. The molecule has 0 aliphatic carbocycles. The van der Waals surface area contributed by atoms with Crippen LogP contribution < -0.4 is 5.32 Å². The van der Waals surface area contributed by atoms with Crippen LogP contribution >= 0.6 is 23.5 Å². The maximum atomic E-state index is 11.8. The Hall–Kier alpha value is -0.620. The molecule has 1 aliphatic rings. The first kappa shape index (κ1) is 10.9. The molecule has 15 heavy (non-hydrogen) atoms. The standard InChI is InChI=1S/C9H13N3OS2/c1-5-6(2)11-12-7(5)10-8(13)9-14-3-4-15-9/h9H,3-4H2,1-2H3,(H2,10,11,12,13). The summed E-state index contributed by atoms with van der Waals surface area (Å²) in [4.78, 5) is 11.8. The number of aryl methyl sites for hydroxylation is 1. The van der Waals surface area contributed by atoms with E-state index in [1.807, 2.05) is 13.8 Å². The molecule has 4 nitrogen and oxygen atoms in total. The third-order valence-electron chi connectivity index (χ3n) is 2.33. The van der Waals surface area contributed by atoms with Crippen LogP contribution in [0.1, 0.15) is 11.3 Å². The van der Waals surface area contributed by atoms with Crippen LogP contribution in [0, 0.1) is 13.8 Å². The molecule has 0 saturated carbocycles. The van der Waals surface area contributed by atoms with E-state index in [0.717, 1.165) is 22.8 Å². The van der Waals surface area contributed by atoms with Gasteiger partial charge in [0.15, 0.2) is 5.82 Å². The molecule has 1 fully saturated rings. The van der Waals surface area contributed by atoms with Gasteiger partial charge in [0.05, 0.1) is 0 Å². The molecule has 2 N–H and O–H groups in total. The minimum atomic E-state index is 0.0291. The van der Waals surface area contributed by atoms with Gasteiger partial charge >= 0.3 is 0 Å². The topological polar surface area (TPSA) is 57.8 Å². The van der Waals surface area contributed by atoms with Crippen molar-refractivity contribution >= 4 is 35.2 Å². The van der Waals surface area contributed by atoms with Crippen molar-refractivity contribution in [1.29, 1.82) is 0 Å². The number of aromatic nitrogens is 2. The molecule has 2 heterocycles. The fourth-order valence-corrected chi connectivity index (χ4v) is 3.87. The first-order valence-corrected chi connectivity index (χ1v) is 6.84. The Balaban J connectivity index is 2.02. The van der Waals surface area contributed by atoms with Crippen molar-refractivity contribution < 1.29 is 4.79 Å². The number of nitrogens with zero attached hydrogens (tertiary/aromatic N) is 1. The van der Waals surface area contributed by atoms with Crippen molar-refractivity contribution in [2.24, 2.45) is 0 Å². The van der Waals surface area contributed by atoms with Crippen LogP contribution in [0.3, 0.4) is 0 Å². The summed E-state index contributed by atoms with van der Waals surface area (Å²) in [5.41, 5.74) is 2.01. The highest BCUT2D eigenvalue weighted by Gasteiger charge is 2.25. The molecule has 1 amide bonds. The van der Waals surface area contributed by atoms with Gasteiger partial charge in [-0.3, -0.25) is 9.89 Å². The maximum absolute atomic E-state index is 11.8. The molecule has 1 saturated heterocycles.